The van der Waals surface area contributed by atoms with Crippen LogP contribution in [0.5, 0.6) is 0 Å². The Kier molecular flexibility index (Phi) is 7.22. The fraction of sp³-hybridized carbons (Fsp3) is 0.217. The summed E-state index contributed by atoms with van der Waals surface area (Å²) in [6.07, 6.45) is 1.88. The molecule has 0 aliphatic rings. The highest BCUT2D eigenvalue weighted by Gasteiger charge is 2.07. The van der Waals surface area contributed by atoms with Gasteiger partial charge in [0.2, 0.25) is 0 Å². The van der Waals surface area contributed by atoms with E-state index in [0.717, 1.165) is 28.1 Å². The molecule has 1 aromatic heterocycles. The third-order valence-electron chi connectivity index (χ3n) is 4.60. The number of nitrogens with zero attached hydrogens (tertiary/aromatic N) is 1. The van der Waals surface area contributed by atoms with Crippen LogP contribution in [0, 0.1) is 6.92 Å². The number of hydrogen-bond acceptors (Lipinski definition) is 3. The lowest BCUT2D eigenvalue weighted by Gasteiger charge is -2.15. The maximum Gasteiger partial charge on any atom is 0.319 e. The van der Waals surface area contributed by atoms with Crippen LogP contribution in [0.1, 0.15) is 35.3 Å². The second-order valence-electron chi connectivity index (χ2n) is 6.99. The molecule has 1 atom stereocenters. The maximum atomic E-state index is 12.1. The van der Waals surface area contributed by atoms with Gasteiger partial charge in [-0.3, -0.25) is 4.98 Å². The number of urea groups is 1. The second-order valence-corrected chi connectivity index (χ2v) is 7.42. The molecule has 0 bridgehead atoms. The number of pyridine rings is 1. The first-order chi connectivity index (χ1) is 14.0. The molecule has 3 rings (SSSR count). The van der Waals surface area contributed by atoms with Crippen LogP contribution in [0.3, 0.4) is 0 Å². The predicted octanol–water partition coefficient (Wildman–Crippen LogP) is 5.22. The minimum absolute atomic E-state index is 0.172. The van der Waals surface area contributed by atoms with Gasteiger partial charge in [-0.1, -0.05) is 41.9 Å². The van der Waals surface area contributed by atoms with Gasteiger partial charge in [-0.2, -0.15) is 0 Å². The number of anilines is 1. The van der Waals surface area contributed by atoms with Crippen molar-refractivity contribution in [3.63, 3.8) is 0 Å². The molecule has 150 valence electrons. The Morgan fingerprint density at radius 2 is 1.72 bits per heavy atom. The van der Waals surface area contributed by atoms with Crippen molar-refractivity contribution in [1.82, 2.24) is 15.6 Å². The zero-order valence-electron chi connectivity index (χ0n) is 16.6. The Balaban J connectivity index is 1.46. The first kappa shape index (κ1) is 20.8. The molecule has 6 heteroatoms. The van der Waals surface area contributed by atoms with Crippen molar-refractivity contribution in [3.05, 3.63) is 94.3 Å². The lowest BCUT2D eigenvalue weighted by atomic mass is 10.1. The average molecular weight is 409 g/mol. The minimum atomic E-state index is -0.246. The van der Waals surface area contributed by atoms with Crippen LogP contribution >= 0.6 is 11.6 Å². The number of carbonyl (C=O) groups excluding carboxylic acids is 1. The van der Waals surface area contributed by atoms with Crippen molar-refractivity contribution in [1.29, 1.82) is 0 Å². The van der Waals surface area contributed by atoms with Gasteiger partial charge in [0.25, 0.3) is 0 Å². The van der Waals surface area contributed by atoms with E-state index in [4.69, 9.17) is 11.6 Å². The van der Waals surface area contributed by atoms with Crippen molar-refractivity contribution in [3.8, 4) is 0 Å². The van der Waals surface area contributed by atoms with Crippen molar-refractivity contribution >= 4 is 23.3 Å². The van der Waals surface area contributed by atoms with Gasteiger partial charge in [0.1, 0.15) is 0 Å². The normalized spacial score (nSPS) is 11.7. The van der Waals surface area contributed by atoms with Crippen LogP contribution in [0.2, 0.25) is 5.02 Å². The quantitative estimate of drug-likeness (QED) is 0.502. The van der Waals surface area contributed by atoms with Gasteiger partial charge in [0, 0.05) is 36.0 Å². The molecule has 3 aromatic rings. The summed E-state index contributed by atoms with van der Waals surface area (Å²) >= 11 is 5.87. The second kappa shape index (κ2) is 10.0. The Hall–Kier alpha value is -2.89. The van der Waals surface area contributed by atoms with E-state index in [1.54, 1.807) is 12.1 Å². The molecule has 0 saturated carbocycles. The van der Waals surface area contributed by atoms with Crippen molar-refractivity contribution in [2.75, 3.05) is 5.32 Å². The number of hydrogen-bond donors (Lipinski definition) is 3. The number of amides is 2. The number of nitrogens with one attached hydrogen (secondary N) is 3. The summed E-state index contributed by atoms with van der Waals surface area (Å²) in [5.41, 5.74) is 5.04. The fourth-order valence-electron chi connectivity index (χ4n) is 2.79. The van der Waals surface area contributed by atoms with E-state index < -0.39 is 0 Å². The molecule has 0 unspecified atom stereocenters. The molecule has 3 N–H and O–H groups in total. The molecular weight excluding hydrogens is 384 g/mol. The van der Waals surface area contributed by atoms with Gasteiger partial charge in [0.15, 0.2) is 0 Å². The molecule has 29 heavy (non-hydrogen) atoms. The summed E-state index contributed by atoms with van der Waals surface area (Å²) in [4.78, 5) is 16.5. The van der Waals surface area contributed by atoms with E-state index in [2.05, 4.69) is 33.9 Å². The highest BCUT2D eigenvalue weighted by molar-refractivity contribution is 6.30. The fourth-order valence-corrected chi connectivity index (χ4v) is 2.92. The largest absolute Gasteiger partial charge is 0.334 e. The molecule has 2 amide bonds. The summed E-state index contributed by atoms with van der Waals surface area (Å²) < 4.78 is 0. The van der Waals surface area contributed by atoms with Gasteiger partial charge in [0.05, 0.1) is 5.69 Å². The lowest BCUT2D eigenvalue weighted by molar-refractivity contribution is 0.251. The highest BCUT2D eigenvalue weighted by Crippen LogP contribution is 2.17. The Labute approximate surface area is 176 Å². The molecule has 0 aliphatic heterocycles. The van der Waals surface area contributed by atoms with Gasteiger partial charge in [-0.25, -0.2) is 4.79 Å². The number of rotatable bonds is 7. The van der Waals surface area contributed by atoms with Crippen LogP contribution < -0.4 is 16.0 Å². The topological polar surface area (TPSA) is 66.0 Å². The van der Waals surface area contributed by atoms with Gasteiger partial charge in [-0.05, 0) is 60.9 Å². The van der Waals surface area contributed by atoms with E-state index in [1.807, 2.05) is 55.6 Å². The van der Waals surface area contributed by atoms with Crippen LogP contribution in [0.25, 0.3) is 0 Å². The molecule has 1 heterocycles. The van der Waals surface area contributed by atoms with Crippen LogP contribution in [0.4, 0.5) is 10.5 Å². The predicted molar refractivity (Wildman–Crippen MR) is 118 cm³/mol. The number of aromatic nitrogens is 1. The number of benzene rings is 2. The minimum Gasteiger partial charge on any atom is -0.334 e. The Morgan fingerprint density at radius 3 is 2.38 bits per heavy atom. The first-order valence-electron chi connectivity index (χ1n) is 9.54. The van der Waals surface area contributed by atoms with Gasteiger partial charge < -0.3 is 16.0 Å². The van der Waals surface area contributed by atoms with Crippen LogP contribution in [-0.4, -0.2) is 11.0 Å². The zero-order valence-corrected chi connectivity index (χ0v) is 17.3. The summed E-state index contributed by atoms with van der Waals surface area (Å²) in [7, 11) is 0. The molecule has 0 aliphatic carbocycles. The smallest absolute Gasteiger partial charge is 0.319 e. The van der Waals surface area contributed by atoms with Gasteiger partial charge >= 0.3 is 6.03 Å². The molecular formula is C23H25ClN4O. The van der Waals surface area contributed by atoms with E-state index in [-0.39, 0.29) is 12.1 Å². The summed E-state index contributed by atoms with van der Waals surface area (Å²) in [6, 6.07) is 19.2. The van der Waals surface area contributed by atoms with Crippen molar-refractivity contribution in [2.45, 2.75) is 33.0 Å². The molecule has 5 nitrogen and oxygen atoms in total. The summed E-state index contributed by atoms with van der Waals surface area (Å²) in [5, 5.41) is 9.82. The van der Waals surface area contributed by atoms with E-state index >= 15 is 0 Å². The summed E-state index contributed by atoms with van der Waals surface area (Å²) in [6.45, 7) is 5.28. The van der Waals surface area contributed by atoms with E-state index in [9.17, 15) is 4.79 Å². The number of halogens is 1. The molecule has 0 fully saturated rings. The first-order valence-corrected chi connectivity index (χ1v) is 9.91. The third-order valence-corrected chi connectivity index (χ3v) is 4.85. The Morgan fingerprint density at radius 1 is 1.00 bits per heavy atom. The van der Waals surface area contributed by atoms with Crippen LogP contribution in [0.15, 0.2) is 66.9 Å². The zero-order chi connectivity index (χ0) is 20.6. The lowest BCUT2D eigenvalue weighted by Crippen LogP contribution is -2.28. The van der Waals surface area contributed by atoms with E-state index in [1.165, 1.54) is 0 Å². The van der Waals surface area contributed by atoms with Gasteiger partial charge in [-0.15, -0.1) is 0 Å². The SMILES string of the molecule is Cc1ccc(CN[C@@H](C)c2ccc(NC(=O)NCc3ccc(Cl)cc3)cc2)nc1. The molecule has 0 radical (unpaired) electrons. The maximum absolute atomic E-state index is 12.1. The van der Waals surface area contributed by atoms with Crippen molar-refractivity contribution < 1.29 is 4.79 Å². The van der Waals surface area contributed by atoms with E-state index in [0.29, 0.717) is 18.1 Å². The average Bonchev–Trinajstić information content (AvgIpc) is 2.73. The number of aryl methyl sites for hydroxylation is 1. The number of carbonyl (C=O) groups is 1. The Bertz CT molecular complexity index is 925. The molecule has 0 saturated heterocycles. The highest BCUT2D eigenvalue weighted by atomic mass is 35.5. The van der Waals surface area contributed by atoms with Crippen molar-refractivity contribution in [2.24, 2.45) is 0 Å². The van der Waals surface area contributed by atoms with Crippen LogP contribution in [-0.2, 0) is 13.1 Å². The standard InChI is InChI=1S/C23H25ClN4O/c1-16-3-10-22(26-13-16)15-25-17(2)19-6-11-21(12-7-19)28-23(29)27-14-18-4-8-20(24)9-5-18/h3-13,17,25H,14-15H2,1-2H3,(H2,27,28,29)/t17-/m0/s1. The summed E-state index contributed by atoms with van der Waals surface area (Å²) in [5.74, 6) is 0. The third kappa shape index (κ3) is 6.59. The molecule has 2 aromatic carbocycles. The molecule has 0 spiro atoms. The monoisotopic (exact) mass is 408 g/mol.